The molecule has 3 rings (SSSR count). The first-order valence-electron chi connectivity index (χ1n) is 9.47. The van der Waals surface area contributed by atoms with E-state index in [2.05, 4.69) is 0 Å². The Bertz CT molecular complexity index is 1040. The van der Waals surface area contributed by atoms with Crippen molar-refractivity contribution >= 4 is 13.3 Å². The molecule has 0 aliphatic heterocycles. The Morgan fingerprint density at radius 2 is 1.72 bits per heavy atom. The molecule has 0 amide bonds. The van der Waals surface area contributed by atoms with Crippen LogP contribution in [0.5, 0.6) is 0 Å². The first-order valence-corrected chi connectivity index (χ1v) is 10.6. The molecule has 0 saturated heterocycles. The van der Waals surface area contributed by atoms with Gasteiger partial charge in [0.15, 0.2) is 0 Å². The zero-order chi connectivity index (χ0) is 21.0. The lowest BCUT2D eigenvalue weighted by atomic mass is 9.92. The Labute approximate surface area is 172 Å². The standard InChI is InChI=1S/C24H24FNO2P/c1-16(2)14-22(29(27)28-4)21-15-26-24(19-8-6-5-7-9-19)17(3)23(21)18-10-12-20(25)13-11-18/h5-16H,1-4H3. The van der Waals surface area contributed by atoms with Crippen molar-refractivity contribution in [3.05, 3.63) is 83.8 Å². The highest BCUT2D eigenvalue weighted by atomic mass is 31.1. The van der Waals surface area contributed by atoms with E-state index in [0.717, 1.165) is 33.5 Å². The average molecular weight is 408 g/mol. The molecule has 149 valence electrons. The number of aromatic nitrogens is 1. The van der Waals surface area contributed by atoms with Gasteiger partial charge in [0.25, 0.3) is 0 Å². The van der Waals surface area contributed by atoms with Crippen LogP contribution in [0, 0.1) is 18.7 Å². The van der Waals surface area contributed by atoms with Gasteiger partial charge >= 0.3 is 0 Å². The summed E-state index contributed by atoms with van der Waals surface area (Å²) in [6, 6.07) is 16.2. The summed E-state index contributed by atoms with van der Waals surface area (Å²) in [5.74, 6) is -0.125. The van der Waals surface area contributed by atoms with E-state index in [-0.39, 0.29) is 11.7 Å². The summed E-state index contributed by atoms with van der Waals surface area (Å²) >= 11 is 0. The van der Waals surface area contributed by atoms with Crippen LogP contribution in [-0.4, -0.2) is 12.1 Å². The number of allylic oxidation sites excluding steroid dienone is 1. The van der Waals surface area contributed by atoms with E-state index in [0.29, 0.717) is 5.31 Å². The van der Waals surface area contributed by atoms with Crippen LogP contribution < -0.4 is 0 Å². The van der Waals surface area contributed by atoms with Gasteiger partial charge in [0, 0.05) is 24.4 Å². The summed E-state index contributed by atoms with van der Waals surface area (Å²) in [6.45, 7) is 6.04. The van der Waals surface area contributed by atoms with Crippen LogP contribution in [-0.2, 0) is 9.09 Å². The normalized spacial score (nSPS) is 12.3. The number of nitrogens with zero attached hydrogens (tertiary/aromatic N) is 1. The highest BCUT2D eigenvalue weighted by Gasteiger charge is 2.21. The zero-order valence-corrected chi connectivity index (χ0v) is 17.9. The Morgan fingerprint density at radius 1 is 1.07 bits per heavy atom. The van der Waals surface area contributed by atoms with Gasteiger partial charge < -0.3 is 4.52 Å². The molecule has 3 nitrogen and oxygen atoms in total. The minimum Gasteiger partial charge on any atom is -0.304 e. The number of pyridine rings is 1. The second kappa shape index (κ2) is 9.21. The third kappa shape index (κ3) is 4.67. The summed E-state index contributed by atoms with van der Waals surface area (Å²) < 4.78 is 31.5. The average Bonchev–Trinajstić information content (AvgIpc) is 2.72. The third-order valence-corrected chi connectivity index (χ3v) is 5.75. The van der Waals surface area contributed by atoms with E-state index in [9.17, 15) is 8.96 Å². The molecule has 0 bridgehead atoms. The molecule has 1 heterocycles. The van der Waals surface area contributed by atoms with Gasteiger partial charge in [0.2, 0.25) is 8.03 Å². The Morgan fingerprint density at radius 3 is 2.31 bits per heavy atom. The molecule has 0 saturated carbocycles. The minimum atomic E-state index is -2.04. The zero-order valence-electron chi connectivity index (χ0n) is 17.0. The predicted molar refractivity (Wildman–Crippen MR) is 117 cm³/mol. The predicted octanol–water partition coefficient (Wildman–Crippen LogP) is 7.25. The fourth-order valence-corrected chi connectivity index (χ4v) is 4.33. The van der Waals surface area contributed by atoms with Crippen LogP contribution in [0.4, 0.5) is 4.39 Å². The lowest BCUT2D eigenvalue weighted by Gasteiger charge is -2.18. The van der Waals surface area contributed by atoms with E-state index >= 15 is 0 Å². The molecule has 2 aromatic carbocycles. The van der Waals surface area contributed by atoms with Gasteiger partial charge in [0.1, 0.15) is 5.82 Å². The van der Waals surface area contributed by atoms with E-state index in [1.54, 1.807) is 18.3 Å². The highest BCUT2D eigenvalue weighted by Crippen LogP contribution is 2.46. The van der Waals surface area contributed by atoms with Crippen LogP contribution in [0.3, 0.4) is 0 Å². The monoisotopic (exact) mass is 408 g/mol. The molecule has 0 fully saturated rings. The second-order valence-corrected chi connectivity index (χ2v) is 8.49. The molecule has 0 aliphatic rings. The molecule has 5 heteroatoms. The van der Waals surface area contributed by atoms with Crippen LogP contribution in [0.2, 0.25) is 0 Å². The van der Waals surface area contributed by atoms with Crippen molar-refractivity contribution in [1.29, 1.82) is 0 Å². The first kappa shape index (κ1) is 21.0. The Balaban J connectivity index is 2.32. The minimum absolute atomic E-state index is 0.175. The third-order valence-electron chi connectivity index (χ3n) is 4.63. The fourth-order valence-electron chi connectivity index (χ4n) is 3.34. The molecule has 0 N–H and O–H groups in total. The molecule has 0 spiro atoms. The Kier molecular flexibility index (Phi) is 6.68. The maximum absolute atomic E-state index is 13.6. The van der Waals surface area contributed by atoms with Crippen molar-refractivity contribution < 1.29 is 13.5 Å². The number of hydrogen-bond donors (Lipinski definition) is 0. The summed E-state index contributed by atoms with van der Waals surface area (Å²) in [7, 11) is -0.609. The molecule has 29 heavy (non-hydrogen) atoms. The topological polar surface area (TPSA) is 39.2 Å². The van der Waals surface area contributed by atoms with Gasteiger partial charge in [-0.1, -0.05) is 62.4 Å². The molecule has 3 aromatic rings. The second-order valence-electron chi connectivity index (χ2n) is 7.13. The van der Waals surface area contributed by atoms with E-state index < -0.39 is 8.03 Å². The van der Waals surface area contributed by atoms with Gasteiger partial charge in [0.05, 0.1) is 11.0 Å². The number of rotatable bonds is 6. The van der Waals surface area contributed by atoms with E-state index in [4.69, 9.17) is 9.51 Å². The summed E-state index contributed by atoms with van der Waals surface area (Å²) in [5.41, 5.74) is 5.23. The quantitative estimate of drug-likeness (QED) is 0.403. The van der Waals surface area contributed by atoms with Crippen LogP contribution in [0.1, 0.15) is 25.0 Å². The van der Waals surface area contributed by atoms with Crippen molar-refractivity contribution in [2.24, 2.45) is 5.92 Å². The molecule has 0 aliphatic carbocycles. The highest BCUT2D eigenvalue weighted by molar-refractivity contribution is 7.51. The Hall–Kier alpha value is -2.68. The summed E-state index contributed by atoms with van der Waals surface area (Å²) in [4.78, 5) is 4.70. The lowest BCUT2D eigenvalue weighted by molar-refractivity contribution is 0.424. The maximum atomic E-state index is 13.6. The molecular formula is C24H24FNO2P. The molecule has 1 aromatic heterocycles. The summed E-state index contributed by atoms with van der Waals surface area (Å²) in [5, 5.41) is 0.604. The molecule has 1 unspecified atom stereocenters. The fraction of sp³-hybridized carbons (Fsp3) is 0.208. The van der Waals surface area contributed by atoms with Crippen LogP contribution in [0.15, 0.2) is 66.9 Å². The number of halogens is 1. The lowest BCUT2D eigenvalue weighted by Crippen LogP contribution is -1.99. The van der Waals surface area contributed by atoms with Gasteiger partial charge in [-0.25, -0.2) is 4.39 Å². The molecule has 1 atom stereocenters. The van der Waals surface area contributed by atoms with E-state index in [1.807, 2.05) is 57.2 Å². The maximum Gasteiger partial charge on any atom is 0.246 e. The molecular weight excluding hydrogens is 384 g/mol. The van der Waals surface area contributed by atoms with Gasteiger partial charge in [-0.05, 0) is 41.7 Å². The largest absolute Gasteiger partial charge is 0.304 e. The SMILES string of the molecule is CO[P](=O)C(=CC(C)C)c1cnc(-c2ccccc2)c(C)c1-c1ccc(F)cc1. The van der Waals surface area contributed by atoms with Crippen LogP contribution in [0.25, 0.3) is 27.7 Å². The van der Waals surface area contributed by atoms with Crippen molar-refractivity contribution in [3.63, 3.8) is 0 Å². The van der Waals surface area contributed by atoms with Gasteiger partial charge in [-0.15, -0.1) is 0 Å². The van der Waals surface area contributed by atoms with Crippen molar-refractivity contribution in [2.75, 3.05) is 7.11 Å². The number of benzene rings is 2. The van der Waals surface area contributed by atoms with E-state index in [1.165, 1.54) is 19.2 Å². The van der Waals surface area contributed by atoms with Crippen molar-refractivity contribution in [1.82, 2.24) is 4.98 Å². The van der Waals surface area contributed by atoms with Crippen LogP contribution >= 0.6 is 8.03 Å². The smallest absolute Gasteiger partial charge is 0.246 e. The summed E-state index contributed by atoms with van der Waals surface area (Å²) in [6.07, 6.45) is 3.68. The molecule has 1 radical (unpaired) electrons. The first-order chi connectivity index (χ1) is 13.9. The van der Waals surface area contributed by atoms with Crippen molar-refractivity contribution in [3.8, 4) is 22.4 Å². The number of hydrogen-bond acceptors (Lipinski definition) is 3. The van der Waals surface area contributed by atoms with Gasteiger partial charge in [-0.3, -0.25) is 9.55 Å². The van der Waals surface area contributed by atoms with Gasteiger partial charge in [-0.2, -0.15) is 0 Å². The van der Waals surface area contributed by atoms with Crippen molar-refractivity contribution in [2.45, 2.75) is 20.8 Å².